The van der Waals surface area contributed by atoms with Crippen LogP contribution in [0.2, 0.25) is 0 Å². The van der Waals surface area contributed by atoms with E-state index in [1.165, 1.54) is 0 Å². The molecule has 0 bridgehead atoms. The van der Waals surface area contributed by atoms with Crippen molar-refractivity contribution in [3.8, 4) is 11.5 Å². The van der Waals surface area contributed by atoms with Crippen LogP contribution < -0.4 is 11.1 Å². The maximum absolute atomic E-state index is 12.0. The number of nitrogens with two attached hydrogens (primary N) is 1. The lowest BCUT2D eigenvalue weighted by Gasteiger charge is -2.18. The van der Waals surface area contributed by atoms with Crippen LogP contribution in [-0.4, -0.2) is 33.6 Å². The molecule has 2 rings (SSSR count). The number of aryl methyl sites for hydroxylation is 1. The molecule has 0 radical (unpaired) electrons. The zero-order valence-electron chi connectivity index (χ0n) is 14.3. The summed E-state index contributed by atoms with van der Waals surface area (Å²) >= 11 is 0. The highest BCUT2D eigenvalue weighted by atomic mass is 35.5. The van der Waals surface area contributed by atoms with Crippen molar-refractivity contribution in [3.63, 3.8) is 0 Å². The molecule has 2 aromatic heterocycles. The molecule has 25 heavy (non-hydrogen) atoms. The Morgan fingerprint density at radius 2 is 2.08 bits per heavy atom. The van der Waals surface area contributed by atoms with Crippen LogP contribution in [0.15, 0.2) is 28.9 Å². The molecule has 0 aliphatic heterocycles. The second kappa shape index (κ2) is 11.8. The molecule has 0 saturated heterocycles. The van der Waals surface area contributed by atoms with Crippen LogP contribution >= 0.6 is 24.8 Å². The summed E-state index contributed by atoms with van der Waals surface area (Å²) in [6.07, 6.45) is 3.22. The SMILES string of the molecule is CC(C)CC(CN)NC(=O)CCc1nc(-c2ccccn2)no1.Cl.Cl. The maximum Gasteiger partial charge on any atom is 0.227 e. The Kier molecular flexibility index (Phi) is 11.0. The van der Waals surface area contributed by atoms with Crippen LogP contribution in [-0.2, 0) is 11.2 Å². The van der Waals surface area contributed by atoms with Crippen LogP contribution in [0, 0.1) is 5.92 Å². The first-order valence-electron chi connectivity index (χ1n) is 7.82. The zero-order chi connectivity index (χ0) is 16.7. The summed E-state index contributed by atoms with van der Waals surface area (Å²) in [6.45, 7) is 4.65. The summed E-state index contributed by atoms with van der Waals surface area (Å²) in [7, 11) is 0. The highest BCUT2D eigenvalue weighted by molar-refractivity contribution is 5.85. The van der Waals surface area contributed by atoms with Crippen LogP contribution in [0.5, 0.6) is 0 Å². The zero-order valence-corrected chi connectivity index (χ0v) is 16.0. The monoisotopic (exact) mass is 389 g/mol. The minimum absolute atomic E-state index is 0. The van der Waals surface area contributed by atoms with Gasteiger partial charge in [0.15, 0.2) is 0 Å². The number of pyridine rings is 1. The molecule has 140 valence electrons. The van der Waals surface area contributed by atoms with E-state index < -0.39 is 0 Å². The third-order valence-corrected chi connectivity index (χ3v) is 3.33. The van der Waals surface area contributed by atoms with E-state index >= 15 is 0 Å². The van der Waals surface area contributed by atoms with Crippen LogP contribution in [0.4, 0.5) is 0 Å². The summed E-state index contributed by atoms with van der Waals surface area (Å²) in [4.78, 5) is 20.4. The van der Waals surface area contributed by atoms with Gasteiger partial charge in [0.05, 0.1) is 0 Å². The molecule has 1 amide bonds. The predicted octanol–water partition coefficient (Wildman–Crippen LogP) is 2.40. The Morgan fingerprint density at radius 3 is 2.68 bits per heavy atom. The number of halogens is 2. The van der Waals surface area contributed by atoms with Crippen molar-refractivity contribution in [2.75, 3.05) is 6.54 Å². The largest absolute Gasteiger partial charge is 0.352 e. The van der Waals surface area contributed by atoms with E-state index in [2.05, 4.69) is 34.3 Å². The molecule has 1 atom stereocenters. The second-order valence-electron chi connectivity index (χ2n) is 5.86. The van der Waals surface area contributed by atoms with Gasteiger partial charge < -0.3 is 15.6 Å². The van der Waals surface area contributed by atoms with E-state index in [4.69, 9.17) is 10.3 Å². The first-order valence-corrected chi connectivity index (χ1v) is 7.82. The van der Waals surface area contributed by atoms with E-state index in [-0.39, 0.29) is 36.8 Å². The third-order valence-electron chi connectivity index (χ3n) is 3.33. The Labute approximate surface area is 160 Å². The van der Waals surface area contributed by atoms with Gasteiger partial charge in [-0.1, -0.05) is 25.1 Å². The van der Waals surface area contributed by atoms with Crippen LogP contribution in [0.3, 0.4) is 0 Å². The van der Waals surface area contributed by atoms with E-state index in [1.807, 2.05) is 12.1 Å². The van der Waals surface area contributed by atoms with Gasteiger partial charge in [0.1, 0.15) is 5.69 Å². The molecule has 2 heterocycles. The van der Waals surface area contributed by atoms with Crippen molar-refractivity contribution < 1.29 is 9.32 Å². The second-order valence-corrected chi connectivity index (χ2v) is 5.86. The number of hydrogen-bond acceptors (Lipinski definition) is 6. The molecule has 7 nitrogen and oxygen atoms in total. The molecular weight excluding hydrogens is 365 g/mol. The van der Waals surface area contributed by atoms with Gasteiger partial charge in [0.2, 0.25) is 17.6 Å². The Hall–Kier alpha value is -1.70. The first-order chi connectivity index (χ1) is 11.1. The molecule has 0 aliphatic rings. The van der Waals surface area contributed by atoms with Gasteiger partial charge >= 0.3 is 0 Å². The average Bonchev–Trinajstić information content (AvgIpc) is 3.01. The quantitative estimate of drug-likeness (QED) is 0.717. The van der Waals surface area contributed by atoms with Crippen LogP contribution in [0.25, 0.3) is 11.5 Å². The van der Waals surface area contributed by atoms with Gasteiger partial charge in [0, 0.05) is 31.6 Å². The van der Waals surface area contributed by atoms with Crippen molar-refractivity contribution in [2.24, 2.45) is 11.7 Å². The predicted molar refractivity (Wildman–Crippen MR) is 101 cm³/mol. The molecule has 0 fully saturated rings. The molecule has 9 heteroatoms. The van der Waals surface area contributed by atoms with Gasteiger partial charge in [0.25, 0.3) is 0 Å². The number of nitrogens with one attached hydrogen (secondary N) is 1. The highest BCUT2D eigenvalue weighted by Crippen LogP contribution is 2.12. The van der Waals surface area contributed by atoms with E-state index in [0.29, 0.717) is 42.7 Å². The minimum atomic E-state index is -0.0568. The molecule has 1 unspecified atom stereocenters. The molecular formula is C16H25Cl2N5O2. The number of nitrogens with zero attached hydrogens (tertiary/aromatic N) is 3. The lowest BCUT2D eigenvalue weighted by Crippen LogP contribution is -2.41. The maximum atomic E-state index is 12.0. The summed E-state index contributed by atoms with van der Waals surface area (Å²) < 4.78 is 5.16. The van der Waals surface area contributed by atoms with Gasteiger partial charge in [-0.3, -0.25) is 9.78 Å². The van der Waals surface area contributed by atoms with Gasteiger partial charge in [-0.05, 0) is 24.5 Å². The molecule has 0 aliphatic carbocycles. The fourth-order valence-electron chi connectivity index (χ4n) is 2.26. The van der Waals surface area contributed by atoms with Crippen molar-refractivity contribution in [1.29, 1.82) is 0 Å². The number of carbonyl (C=O) groups is 1. The topological polar surface area (TPSA) is 107 Å². The van der Waals surface area contributed by atoms with Crippen molar-refractivity contribution in [3.05, 3.63) is 30.3 Å². The van der Waals surface area contributed by atoms with Crippen molar-refractivity contribution >= 4 is 30.7 Å². The Bertz CT molecular complexity index is 622. The highest BCUT2D eigenvalue weighted by Gasteiger charge is 2.14. The summed E-state index contributed by atoms with van der Waals surface area (Å²) in [6, 6.07) is 5.49. The fourth-order valence-corrected chi connectivity index (χ4v) is 2.26. The Morgan fingerprint density at radius 1 is 1.32 bits per heavy atom. The summed E-state index contributed by atoms with van der Waals surface area (Å²) in [5.41, 5.74) is 6.33. The number of hydrogen-bond donors (Lipinski definition) is 2. The van der Waals surface area contributed by atoms with E-state index in [0.717, 1.165) is 6.42 Å². The van der Waals surface area contributed by atoms with Crippen molar-refractivity contribution in [2.45, 2.75) is 39.2 Å². The van der Waals surface area contributed by atoms with E-state index in [9.17, 15) is 4.79 Å². The van der Waals surface area contributed by atoms with Gasteiger partial charge in [-0.25, -0.2) is 0 Å². The first kappa shape index (κ1) is 23.3. The summed E-state index contributed by atoms with van der Waals surface area (Å²) in [5, 5.41) is 6.82. The fraction of sp³-hybridized carbons (Fsp3) is 0.500. The molecule has 0 saturated carbocycles. The molecule has 0 spiro atoms. The van der Waals surface area contributed by atoms with E-state index in [1.54, 1.807) is 12.3 Å². The molecule has 3 N–H and O–H groups in total. The normalized spacial score (nSPS) is 11.4. The van der Waals surface area contributed by atoms with Crippen molar-refractivity contribution in [1.82, 2.24) is 20.4 Å². The van der Waals surface area contributed by atoms with Gasteiger partial charge in [-0.2, -0.15) is 4.98 Å². The minimum Gasteiger partial charge on any atom is -0.352 e. The smallest absolute Gasteiger partial charge is 0.227 e. The number of rotatable bonds is 8. The number of carbonyl (C=O) groups excluding carboxylic acids is 1. The lowest BCUT2D eigenvalue weighted by atomic mass is 10.0. The molecule has 2 aromatic rings. The molecule has 0 aromatic carbocycles. The van der Waals surface area contributed by atoms with Gasteiger partial charge in [-0.15, -0.1) is 24.8 Å². The number of aromatic nitrogens is 3. The lowest BCUT2D eigenvalue weighted by molar-refractivity contribution is -0.121. The summed E-state index contributed by atoms with van der Waals surface area (Å²) in [5.74, 6) is 1.29. The Balaban J connectivity index is 0.00000288. The third kappa shape index (κ3) is 7.81. The average molecular weight is 390 g/mol. The van der Waals surface area contributed by atoms with Crippen LogP contribution in [0.1, 0.15) is 32.6 Å². The standard InChI is InChI=1S/C16H23N5O2.2ClH/c1-11(2)9-12(10-17)19-14(22)6-7-15-20-16(21-23-15)13-5-3-4-8-18-13;;/h3-5,8,11-12H,6-7,9-10,17H2,1-2H3,(H,19,22);2*1H. The number of amides is 1.